The maximum absolute atomic E-state index is 12.3. The van der Waals surface area contributed by atoms with Crippen LogP contribution in [0.2, 0.25) is 0 Å². The minimum Gasteiger partial charge on any atom is -0.355 e. The van der Waals surface area contributed by atoms with Gasteiger partial charge in [0.25, 0.3) is 0 Å². The van der Waals surface area contributed by atoms with Crippen molar-refractivity contribution < 1.29 is 19.2 Å². The second kappa shape index (κ2) is 8.64. The van der Waals surface area contributed by atoms with Crippen LogP contribution in [0.4, 0.5) is 0 Å². The minimum atomic E-state index is -0.784. The lowest BCUT2D eigenvalue weighted by Gasteiger charge is -2.33. The van der Waals surface area contributed by atoms with E-state index in [2.05, 4.69) is 16.0 Å². The number of ketones is 1. The van der Waals surface area contributed by atoms with Crippen molar-refractivity contribution in [2.24, 2.45) is 10.8 Å². The molecule has 0 unspecified atom stereocenters. The molecule has 3 N–H and O–H groups in total. The Morgan fingerprint density at radius 1 is 0.739 bits per heavy atom. The summed E-state index contributed by atoms with van der Waals surface area (Å²) in [6, 6.07) is 0. The van der Waals surface area contributed by atoms with Crippen molar-refractivity contribution in [3.05, 3.63) is 0 Å². The Hall–Kier alpha value is -1.92. The van der Waals surface area contributed by atoms with Crippen molar-refractivity contribution in [3.63, 3.8) is 0 Å². The fourth-order valence-electron chi connectivity index (χ4n) is 2.36. The predicted molar refractivity (Wildman–Crippen MR) is 87.6 cm³/mol. The van der Waals surface area contributed by atoms with Crippen molar-refractivity contribution in [2.45, 2.75) is 48.0 Å². The molecule has 132 valence electrons. The Labute approximate surface area is 138 Å². The van der Waals surface area contributed by atoms with E-state index < -0.39 is 10.8 Å². The van der Waals surface area contributed by atoms with Crippen LogP contribution < -0.4 is 16.0 Å². The molecule has 7 heteroatoms. The van der Waals surface area contributed by atoms with E-state index in [1.807, 2.05) is 0 Å². The normalized spacial score (nSPS) is 11.6. The summed E-state index contributed by atoms with van der Waals surface area (Å²) in [5.74, 6) is -0.715. The molecule has 0 spiro atoms. The Kier molecular flexibility index (Phi) is 7.92. The van der Waals surface area contributed by atoms with E-state index in [1.165, 1.54) is 13.8 Å². The van der Waals surface area contributed by atoms with E-state index in [0.29, 0.717) is 19.5 Å². The first-order valence-corrected chi connectivity index (χ1v) is 7.69. The fourth-order valence-corrected chi connectivity index (χ4v) is 2.36. The summed E-state index contributed by atoms with van der Waals surface area (Å²) in [4.78, 5) is 46.1. The number of Topliss-reactive ketones (excluding diaryl/α,β-unsaturated/α-hetero) is 1. The number of carbonyl (C=O) groups excluding carboxylic acids is 4. The summed E-state index contributed by atoms with van der Waals surface area (Å²) < 4.78 is 0. The molecule has 3 amide bonds. The van der Waals surface area contributed by atoms with E-state index >= 15 is 0 Å². The van der Waals surface area contributed by atoms with Crippen LogP contribution >= 0.6 is 0 Å². The van der Waals surface area contributed by atoms with E-state index in [0.717, 1.165) is 0 Å². The van der Waals surface area contributed by atoms with Crippen molar-refractivity contribution in [1.82, 2.24) is 16.0 Å². The SMILES string of the molecule is CC(=O)CNC(=O)C(C)(C)CC(C)(C)C(=O)NCCNC(C)=O. The highest BCUT2D eigenvalue weighted by Crippen LogP contribution is 2.34. The van der Waals surface area contributed by atoms with Gasteiger partial charge in [0.05, 0.1) is 6.54 Å². The largest absolute Gasteiger partial charge is 0.355 e. The predicted octanol–water partition coefficient (Wildman–Crippen LogP) is 0.386. The van der Waals surface area contributed by atoms with Gasteiger partial charge in [-0.1, -0.05) is 27.7 Å². The fraction of sp³-hybridized carbons (Fsp3) is 0.750. The lowest BCUT2D eigenvalue weighted by Crippen LogP contribution is -2.46. The van der Waals surface area contributed by atoms with Crippen LogP contribution in [0, 0.1) is 10.8 Å². The molecule has 0 aromatic heterocycles. The standard InChI is InChI=1S/C16H29N3O4/c1-11(20)9-19-14(23)16(5,6)10-15(3,4)13(22)18-8-7-17-12(2)21/h7-10H2,1-6H3,(H,17,21)(H,18,22)(H,19,23). The molecular weight excluding hydrogens is 298 g/mol. The van der Waals surface area contributed by atoms with Gasteiger partial charge in [0.15, 0.2) is 0 Å². The molecule has 0 aromatic carbocycles. The molecule has 0 rings (SSSR count). The van der Waals surface area contributed by atoms with Crippen LogP contribution in [-0.2, 0) is 19.2 Å². The number of rotatable bonds is 9. The van der Waals surface area contributed by atoms with Crippen LogP contribution in [0.15, 0.2) is 0 Å². The van der Waals surface area contributed by atoms with Crippen molar-refractivity contribution >= 4 is 23.5 Å². The van der Waals surface area contributed by atoms with Crippen LogP contribution in [0.1, 0.15) is 48.0 Å². The second-order valence-electron chi connectivity index (χ2n) is 7.07. The molecule has 0 radical (unpaired) electrons. The maximum Gasteiger partial charge on any atom is 0.226 e. The molecule has 0 fully saturated rings. The smallest absolute Gasteiger partial charge is 0.226 e. The van der Waals surface area contributed by atoms with Crippen molar-refractivity contribution in [3.8, 4) is 0 Å². The molecule has 0 bridgehead atoms. The molecule has 0 saturated carbocycles. The summed E-state index contributed by atoms with van der Waals surface area (Å²) in [6.07, 6.45) is 0.329. The third-order valence-corrected chi connectivity index (χ3v) is 3.40. The Bertz CT molecular complexity index is 470. The van der Waals surface area contributed by atoms with Crippen molar-refractivity contribution in [2.75, 3.05) is 19.6 Å². The lowest BCUT2D eigenvalue weighted by molar-refractivity contribution is -0.136. The summed E-state index contributed by atoms with van der Waals surface area (Å²) >= 11 is 0. The first-order chi connectivity index (χ1) is 10.4. The van der Waals surface area contributed by atoms with Crippen LogP contribution in [-0.4, -0.2) is 43.1 Å². The number of carbonyl (C=O) groups is 4. The summed E-state index contributed by atoms with van der Waals surface area (Å²) in [6.45, 7) is 10.5. The first kappa shape index (κ1) is 21.1. The molecule has 0 atom stereocenters. The molecule has 0 aliphatic rings. The van der Waals surface area contributed by atoms with Gasteiger partial charge in [-0.15, -0.1) is 0 Å². The highest BCUT2D eigenvalue weighted by Gasteiger charge is 2.38. The number of hydrogen-bond acceptors (Lipinski definition) is 4. The molecule has 0 heterocycles. The lowest BCUT2D eigenvalue weighted by atomic mass is 9.74. The third kappa shape index (κ3) is 8.32. The summed E-state index contributed by atoms with van der Waals surface area (Å²) in [5.41, 5.74) is -1.54. The zero-order valence-electron chi connectivity index (χ0n) is 15.0. The Balaban J connectivity index is 4.55. The van der Waals surface area contributed by atoms with Gasteiger partial charge in [0, 0.05) is 30.8 Å². The number of amides is 3. The van der Waals surface area contributed by atoms with Gasteiger partial charge in [-0.3, -0.25) is 19.2 Å². The third-order valence-electron chi connectivity index (χ3n) is 3.40. The Morgan fingerprint density at radius 2 is 1.17 bits per heavy atom. The van der Waals surface area contributed by atoms with Gasteiger partial charge >= 0.3 is 0 Å². The first-order valence-electron chi connectivity index (χ1n) is 7.69. The average Bonchev–Trinajstić information content (AvgIpc) is 2.38. The zero-order valence-corrected chi connectivity index (χ0v) is 15.0. The van der Waals surface area contributed by atoms with E-state index in [9.17, 15) is 19.2 Å². The van der Waals surface area contributed by atoms with Gasteiger partial charge in [-0.2, -0.15) is 0 Å². The highest BCUT2D eigenvalue weighted by molar-refractivity contribution is 5.88. The average molecular weight is 327 g/mol. The van der Waals surface area contributed by atoms with Gasteiger partial charge in [-0.05, 0) is 13.3 Å². The van der Waals surface area contributed by atoms with E-state index in [-0.39, 0.29) is 30.0 Å². The molecular formula is C16H29N3O4. The van der Waals surface area contributed by atoms with Crippen LogP contribution in [0.5, 0.6) is 0 Å². The molecule has 0 saturated heterocycles. The maximum atomic E-state index is 12.3. The number of hydrogen-bond donors (Lipinski definition) is 3. The summed E-state index contributed by atoms with van der Waals surface area (Å²) in [7, 11) is 0. The molecule has 0 aromatic rings. The monoisotopic (exact) mass is 327 g/mol. The van der Waals surface area contributed by atoms with E-state index in [1.54, 1.807) is 27.7 Å². The van der Waals surface area contributed by atoms with Gasteiger partial charge in [0.1, 0.15) is 5.78 Å². The van der Waals surface area contributed by atoms with Crippen LogP contribution in [0.25, 0.3) is 0 Å². The molecule has 0 aliphatic heterocycles. The minimum absolute atomic E-state index is 0.00833. The van der Waals surface area contributed by atoms with Gasteiger partial charge < -0.3 is 16.0 Å². The van der Waals surface area contributed by atoms with Gasteiger partial charge in [0.2, 0.25) is 17.7 Å². The summed E-state index contributed by atoms with van der Waals surface area (Å²) in [5, 5.41) is 7.93. The molecule has 23 heavy (non-hydrogen) atoms. The van der Waals surface area contributed by atoms with E-state index in [4.69, 9.17) is 0 Å². The number of nitrogens with one attached hydrogen (secondary N) is 3. The Morgan fingerprint density at radius 3 is 1.61 bits per heavy atom. The van der Waals surface area contributed by atoms with Gasteiger partial charge in [-0.25, -0.2) is 0 Å². The van der Waals surface area contributed by atoms with Crippen LogP contribution in [0.3, 0.4) is 0 Å². The topological polar surface area (TPSA) is 104 Å². The van der Waals surface area contributed by atoms with Crippen molar-refractivity contribution in [1.29, 1.82) is 0 Å². The highest BCUT2D eigenvalue weighted by atomic mass is 16.2. The quantitative estimate of drug-likeness (QED) is 0.533. The zero-order chi connectivity index (χ0) is 18.3. The second-order valence-corrected chi connectivity index (χ2v) is 7.07. The molecule has 0 aliphatic carbocycles. The molecule has 7 nitrogen and oxygen atoms in total.